The van der Waals surface area contributed by atoms with E-state index in [0.717, 1.165) is 0 Å². The van der Waals surface area contributed by atoms with Crippen molar-refractivity contribution in [2.24, 2.45) is 0 Å². The molecule has 1 amide bonds. The van der Waals surface area contributed by atoms with Gasteiger partial charge in [0.25, 0.3) is 11.5 Å². The van der Waals surface area contributed by atoms with Gasteiger partial charge in [-0.25, -0.2) is 4.98 Å². The molecule has 0 spiro atoms. The first-order valence-corrected chi connectivity index (χ1v) is 8.74. The maximum absolute atomic E-state index is 12.6. The van der Waals surface area contributed by atoms with Crippen LogP contribution in [-0.4, -0.2) is 15.5 Å². The summed E-state index contributed by atoms with van der Waals surface area (Å²) in [6.45, 7) is 4.14. The number of thiophene rings is 1. The van der Waals surface area contributed by atoms with Gasteiger partial charge >= 0.3 is 0 Å². The SMILES string of the molecule is CCn1cnc2sc(C(=O)Nc3ccc(Cl)cc3Cl)c(C)c2c1=O. The van der Waals surface area contributed by atoms with Crippen molar-refractivity contribution in [2.75, 3.05) is 5.32 Å². The number of aryl methyl sites for hydroxylation is 2. The van der Waals surface area contributed by atoms with Crippen LogP contribution in [0.15, 0.2) is 29.3 Å². The molecule has 124 valence electrons. The number of nitrogens with one attached hydrogen (secondary N) is 1. The third-order valence-electron chi connectivity index (χ3n) is 3.64. The lowest BCUT2D eigenvalue weighted by Crippen LogP contribution is -2.19. The molecule has 24 heavy (non-hydrogen) atoms. The van der Waals surface area contributed by atoms with Crippen LogP contribution in [0.2, 0.25) is 10.0 Å². The fourth-order valence-corrected chi connectivity index (χ4v) is 3.86. The van der Waals surface area contributed by atoms with Crippen LogP contribution in [0.1, 0.15) is 22.2 Å². The fourth-order valence-electron chi connectivity index (χ4n) is 2.37. The standard InChI is InChI=1S/C16H13Cl2N3O2S/c1-3-21-7-19-15-12(16(21)23)8(2)13(24-15)14(22)20-11-5-4-9(17)6-10(11)18/h4-7H,3H2,1-2H3,(H,20,22). The van der Waals surface area contributed by atoms with E-state index >= 15 is 0 Å². The Labute approximate surface area is 151 Å². The molecule has 0 unspecified atom stereocenters. The molecule has 1 N–H and O–H groups in total. The molecular weight excluding hydrogens is 369 g/mol. The predicted molar refractivity (Wildman–Crippen MR) is 98.7 cm³/mol. The number of carbonyl (C=O) groups excluding carboxylic acids is 1. The number of nitrogens with zero attached hydrogens (tertiary/aromatic N) is 2. The first kappa shape index (κ1) is 17.0. The topological polar surface area (TPSA) is 64.0 Å². The molecule has 5 nitrogen and oxygen atoms in total. The highest BCUT2D eigenvalue weighted by Crippen LogP contribution is 2.30. The Morgan fingerprint density at radius 1 is 1.38 bits per heavy atom. The van der Waals surface area contributed by atoms with Gasteiger partial charge in [-0.3, -0.25) is 14.2 Å². The summed E-state index contributed by atoms with van der Waals surface area (Å²) in [7, 11) is 0. The molecule has 0 atom stereocenters. The molecule has 2 aromatic heterocycles. The molecule has 3 aromatic rings. The summed E-state index contributed by atoms with van der Waals surface area (Å²) in [5.74, 6) is -0.331. The monoisotopic (exact) mass is 381 g/mol. The molecule has 3 rings (SSSR count). The zero-order chi connectivity index (χ0) is 17.4. The molecule has 1 aromatic carbocycles. The van der Waals surface area contributed by atoms with Gasteiger partial charge in [0.1, 0.15) is 4.83 Å². The number of carbonyl (C=O) groups is 1. The van der Waals surface area contributed by atoms with Gasteiger partial charge in [0, 0.05) is 11.6 Å². The Balaban J connectivity index is 2.03. The van der Waals surface area contributed by atoms with Crippen LogP contribution in [0.5, 0.6) is 0 Å². The molecule has 8 heteroatoms. The number of hydrogen-bond donors (Lipinski definition) is 1. The highest BCUT2D eigenvalue weighted by Gasteiger charge is 2.20. The van der Waals surface area contributed by atoms with Gasteiger partial charge in [0.15, 0.2) is 0 Å². The number of hydrogen-bond acceptors (Lipinski definition) is 4. The summed E-state index contributed by atoms with van der Waals surface area (Å²) in [5.41, 5.74) is 0.944. The minimum atomic E-state index is -0.331. The smallest absolute Gasteiger partial charge is 0.266 e. The molecule has 0 radical (unpaired) electrons. The van der Waals surface area contributed by atoms with Gasteiger partial charge in [0.05, 0.1) is 27.3 Å². The minimum Gasteiger partial charge on any atom is -0.320 e. The van der Waals surface area contributed by atoms with E-state index in [0.29, 0.717) is 42.9 Å². The van der Waals surface area contributed by atoms with Gasteiger partial charge in [-0.1, -0.05) is 23.2 Å². The average Bonchev–Trinajstić information content (AvgIpc) is 2.88. The van der Waals surface area contributed by atoms with Crippen LogP contribution < -0.4 is 10.9 Å². The highest BCUT2D eigenvalue weighted by molar-refractivity contribution is 7.20. The predicted octanol–water partition coefficient (Wildman–Crippen LogP) is 4.35. The first-order valence-electron chi connectivity index (χ1n) is 7.17. The molecule has 0 bridgehead atoms. The van der Waals surface area contributed by atoms with Gasteiger partial charge in [0.2, 0.25) is 0 Å². The Morgan fingerprint density at radius 3 is 2.79 bits per heavy atom. The van der Waals surface area contributed by atoms with Crippen molar-refractivity contribution in [3.05, 3.63) is 55.4 Å². The highest BCUT2D eigenvalue weighted by atomic mass is 35.5. The minimum absolute atomic E-state index is 0.139. The van der Waals surface area contributed by atoms with E-state index in [4.69, 9.17) is 23.2 Å². The molecular formula is C16H13Cl2N3O2S. The molecule has 0 aliphatic heterocycles. The number of halogens is 2. The normalized spacial score (nSPS) is 11.0. The van der Waals surface area contributed by atoms with Gasteiger partial charge in [-0.2, -0.15) is 0 Å². The van der Waals surface area contributed by atoms with Gasteiger partial charge in [-0.15, -0.1) is 11.3 Å². The van der Waals surface area contributed by atoms with Gasteiger partial charge < -0.3 is 5.32 Å². The third kappa shape index (κ3) is 2.92. The van der Waals surface area contributed by atoms with Crippen molar-refractivity contribution in [1.29, 1.82) is 0 Å². The number of benzene rings is 1. The maximum atomic E-state index is 12.6. The lowest BCUT2D eigenvalue weighted by Gasteiger charge is -2.07. The van der Waals surface area contributed by atoms with Crippen LogP contribution >= 0.6 is 34.5 Å². The van der Waals surface area contributed by atoms with Gasteiger partial charge in [-0.05, 0) is 37.6 Å². The summed E-state index contributed by atoms with van der Waals surface area (Å²) in [5, 5.41) is 4.07. The number of amides is 1. The van der Waals surface area contributed by atoms with Crippen molar-refractivity contribution in [3.63, 3.8) is 0 Å². The Hall–Kier alpha value is -1.89. The fraction of sp³-hybridized carbons (Fsp3) is 0.188. The van der Waals surface area contributed by atoms with E-state index in [9.17, 15) is 9.59 Å². The van der Waals surface area contributed by atoms with Crippen LogP contribution in [0.25, 0.3) is 10.2 Å². The van der Waals surface area contributed by atoms with E-state index in [1.54, 1.807) is 25.1 Å². The third-order valence-corrected chi connectivity index (χ3v) is 5.39. The van der Waals surface area contributed by atoms with E-state index in [2.05, 4.69) is 10.3 Å². The van der Waals surface area contributed by atoms with Crippen molar-refractivity contribution < 1.29 is 4.79 Å². The van der Waals surface area contributed by atoms with Crippen molar-refractivity contribution >= 4 is 56.3 Å². The van der Waals surface area contributed by atoms with Crippen LogP contribution in [0.4, 0.5) is 5.69 Å². The number of rotatable bonds is 3. The van der Waals surface area contributed by atoms with Crippen LogP contribution in [0.3, 0.4) is 0 Å². The zero-order valence-electron chi connectivity index (χ0n) is 12.9. The quantitative estimate of drug-likeness (QED) is 0.733. The van der Waals surface area contributed by atoms with Crippen molar-refractivity contribution in [2.45, 2.75) is 20.4 Å². The van der Waals surface area contributed by atoms with Crippen LogP contribution in [0, 0.1) is 6.92 Å². The van der Waals surface area contributed by atoms with E-state index < -0.39 is 0 Å². The summed E-state index contributed by atoms with van der Waals surface area (Å²) in [6, 6.07) is 4.83. The molecule has 0 aliphatic rings. The van der Waals surface area contributed by atoms with Crippen molar-refractivity contribution in [1.82, 2.24) is 9.55 Å². The molecule has 0 saturated heterocycles. The summed E-state index contributed by atoms with van der Waals surface area (Å²) in [6.07, 6.45) is 1.50. The number of anilines is 1. The lowest BCUT2D eigenvalue weighted by atomic mass is 10.2. The second-order valence-electron chi connectivity index (χ2n) is 5.15. The molecule has 2 heterocycles. The molecule has 0 fully saturated rings. The summed E-state index contributed by atoms with van der Waals surface area (Å²) in [4.78, 5) is 30.3. The first-order chi connectivity index (χ1) is 11.4. The number of fused-ring (bicyclic) bond motifs is 1. The lowest BCUT2D eigenvalue weighted by molar-refractivity contribution is 0.103. The second kappa shape index (κ2) is 6.55. The number of aromatic nitrogens is 2. The van der Waals surface area contributed by atoms with E-state index in [1.807, 2.05) is 6.92 Å². The second-order valence-corrected chi connectivity index (χ2v) is 6.99. The Morgan fingerprint density at radius 2 is 2.12 bits per heavy atom. The summed E-state index contributed by atoms with van der Waals surface area (Å²) >= 11 is 13.1. The Bertz CT molecular complexity index is 1010. The van der Waals surface area contributed by atoms with Crippen molar-refractivity contribution in [3.8, 4) is 0 Å². The zero-order valence-corrected chi connectivity index (χ0v) is 15.2. The largest absolute Gasteiger partial charge is 0.320 e. The molecule has 0 saturated carbocycles. The maximum Gasteiger partial charge on any atom is 0.266 e. The van der Waals surface area contributed by atoms with E-state index in [-0.39, 0.29) is 11.5 Å². The molecule has 0 aliphatic carbocycles. The van der Waals surface area contributed by atoms with Crippen LogP contribution in [-0.2, 0) is 6.54 Å². The Kier molecular flexibility index (Phi) is 4.62. The summed E-state index contributed by atoms with van der Waals surface area (Å²) < 4.78 is 1.51. The van der Waals surface area contributed by atoms with E-state index in [1.165, 1.54) is 22.2 Å². The average molecular weight is 382 g/mol.